The summed E-state index contributed by atoms with van der Waals surface area (Å²) in [5, 5.41) is 8.29. The van der Waals surface area contributed by atoms with E-state index in [0.29, 0.717) is 5.56 Å². The molecule has 9 heavy (non-hydrogen) atoms. The number of benzene rings is 1. The normalized spacial score (nSPS) is 7.00. The Bertz CT molecular complexity index is 200. The van der Waals surface area contributed by atoms with Gasteiger partial charge in [0.2, 0.25) is 0 Å². The topological polar surface area (TPSA) is 23.8 Å². The SMILES string of the molecule is N#Cc1ccccc1.[Ar]. The van der Waals surface area contributed by atoms with Crippen LogP contribution in [0.15, 0.2) is 30.3 Å². The molecule has 1 aromatic rings. The van der Waals surface area contributed by atoms with E-state index in [1.54, 1.807) is 12.1 Å². The average Bonchev–Trinajstić information content (AvgIpc) is 1.90. The zero-order chi connectivity index (χ0) is 5.82. The van der Waals surface area contributed by atoms with Gasteiger partial charge >= 0.3 is 0 Å². The molecule has 0 saturated heterocycles. The molecule has 0 fully saturated rings. The van der Waals surface area contributed by atoms with Gasteiger partial charge in [0.05, 0.1) is 11.6 Å². The van der Waals surface area contributed by atoms with Crippen LogP contribution in [0, 0.1) is 49.1 Å². The predicted molar refractivity (Wildman–Crippen MR) is 31.2 cm³/mol. The molecule has 0 aliphatic heterocycles. The van der Waals surface area contributed by atoms with Crippen LogP contribution >= 0.6 is 0 Å². The van der Waals surface area contributed by atoms with Crippen LogP contribution in [0.4, 0.5) is 0 Å². The molecule has 1 nitrogen and oxygen atoms in total. The van der Waals surface area contributed by atoms with Crippen molar-refractivity contribution in [1.29, 1.82) is 5.26 Å². The fourth-order valence-electron chi connectivity index (χ4n) is 0.513. The van der Waals surface area contributed by atoms with E-state index in [9.17, 15) is 0 Å². The van der Waals surface area contributed by atoms with Gasteiger partial charge in [-0.1, -0.05) is 18.2 Å². The monoisotopic (exact) mass is 143 g/mol. The van der Waals surface area contributed by atoms with Crippen molar-refractivity contribution in [2.75, 3.05) is 0 Å². The summed E-state index contributed by atoms with van der Waals surface area (Å²) >= 11 is 0. The summed E-state index contributed by atoms with van der Waals surface area (Å²) in [6.45, 7) is 0. The minimum atomic E-state index is 0. The van der Waals surface area contributed by atoms with Crippen LogP contribution in [-0.4, -0.2) is 0 Å². The molecule has 0 N–H and O–H groups in total. The molecular weight excluding hydrogens is 138 g/mol. The van der Waals surface area contributed by atoms with Gasteiger partial charge in [0.25, 0.3) is 0 Å². The van der Waals surface area contributed by atoms with Crippen molar-refractivity contribution in [2.24, 2.45) is 0 Å². The van der Waals surface area contributed by atoms with Crippen LogP contribution in [0.3, 0.4) is 0 Å². The molecule has 0 aliphatic rings. The molecule has 0 atom stereocenters. The van der Waals surface area contributed by atoms with E-state index in [1.165, 1.54) is 0 Å². The van der Waals surface area contributed by atoms with Crippen molar-refractivity contribution in [3.63, 3.8) is 0 Å². The first-order chi connectivity index (χ1) is 3.93. The van der Waals surface area contributed by atoms with E-state index in [2.05, 4.69) is 0 Å². The Morgan fingerprint density at radius 3 is 2.00 bits per heavy atom. The second kappa shape index (κ2) is 4.81. The van der Waals surface area contributed by atoms with Crippen molar-refractivity contribution < 1.29 is 37.7 Å². The molecular formula is C7H5ArN. The fraction of sp³-hybridized carbons (Fsp3) is 0. The summed E-state index contributed by atoms with van der Waals surface area (Å²) in [7, 11) is 0. The molecule has 0 saturated carbocycles. The van der Waals surface area contributed by atoms with Gasteiger partial charge in [0.1, 0.15) is 0 Å². The molecule has 0 bridgehead atoms. The maximum atomic E-state index is 8.29. The largest absolute Gasteiger partial charge is 0.192 e. The molecule has 46 valence electrons. The minimum Gasteiger partial charge on any atom is -0.192 e. The third-order valence-corrected chi connectivity index (χ3v) is 0.903. The summed E-state index contributed by atoms with van der Waals surface area (Å²) in [5.41, 5.74) is 0.715. The van der Waals surface area contributed by atoms with Crippen molar-refractivity contribution in [3.05, 3.63) is 35.9 Å². The van der Waals surface area contributed by atoms with Gasteiger partial charge in [-0.25, -0.2) is 0 Å². The molecule has 1 rings (SSSR count). The molecule has 1 aromatic carbocycles. The maximum Gasteiger partial charge on any atom is 0.0991 e. The standard InChI is InChI=1S/C7H5N.Ar/c8-6-7-4-2-1-3-5-7;/h1-5H;. The molecule has 0 radical (unpaired) electrons. The predicted octanol–water partition coefficient (Wildman–Crippen LogP) is 1.56. The van der Waals surface area contributed by atoms with Gasteiger partial charge in [-0.3, -0.25) is 0 Å². The Balaban J connectivity index is 0.000000640. The van der Waals surface area contributed by atoms with E-state index in [4.69, 9.17) is 5.26 Å². The Kier molecular flexibility index (Phi) is 4.80. The molecule has 0 aliphatic carbocycles. The van der Waals surface area contributed by atoms with Crippen LogP contribution in [0.1, 0.15) is 5.56 Å². The number of nitrogens with zero attached hydrogens (tertiary/aromatic N) is 1. The van der Waals surface area contributed by atoms with Gasteiger partial charge < -0.3 is 0 Å². The van der Waals surface area contributed by atoms with Crippen LogP contribution < -0.4 is 0 Å². The smallest absolute Gasteiger partial charge is 0.0991 e. The zero-order valence-electron chi connectivity index (χ0n) is 4.69. The quantitative estimate of drug-likeness (QED) is 0.540. The first kappa shape index (κ1) is 8.97. The van der Waals surface area contributed by atoms with Gasteiger partial charge in [0.15, 0.2) is 0 Å². The third kappa shape index (κ3) is 2.86. The van der Waals surface area contributed by atoms with Crippen LogP contribution in [-0.2, 0) is 0 Å². The first-order valence-electron chi connectivity index (χ1n) is 2.38. The van der Waals surface area contributed by atoms with E-state index in [-0.39, 0.29) is 37.7 Å². The molecule has 0 spiro atoms. The van der Waals surface area contributed by atoms with Gasteiger partial charge in [-0.15, -0.1) is 0 Å². The van der Waals surface area contributed by atoms with Crippen molar-refractivity contribution >= 4 is 0 Å². The summed E-state index contributed by atoms with van der Waals surface area (Å²) in [6, 6.07) is 11.2. The third-order valence-electron chi connectivity index (χ3n) is 0.903. The average molecular weight is 143 g/mol. The van der Waals surface area contributed by atoms with E-state index in [0.717, 1.165) is 0 Å². The summed E-state index contributed by atoms with van der Waals surface area (Å²) < 4.78 is 0. The van der Waals surface area contributed by atoms with E-state index in [1.807, 2.05) is 24.3 Å². The molecule has 0 aromatic heterocycles. The number of rotatable bonds is 0. The second-order valence-corrected chi connectivity index (χ2v) is 1.48. The minimum absolute atomic E-state index is 0. The summed E-state index contributed by atoms with van der Waals surface area (Å²) in [5.74, 6) is 0. The Morgan fingerprint density at radius 1 is 1.11 bits per heavy atom. The molecule has 0 heterocycles. The number of hydrogen-bond donors (Lipinski definition) is 0. The van der Waals surface area contributed by atoms with Crippen molar-refractivity contribution in [2.45, 2.75) is 0 Å². The van der Waals surface area contributed by atoms with Gasteiger partial charge in [0, 0.05) is 37.7 Å². The number of nitriles is 1. The van der Waals surface area contributed by atoms with Crippen molar-refractivity contribution in [1.82, 2.24) is 0 Å². The van der Waals surface area contributed by atoms with E-state index >= 15 is 0 Å². The second-order valence-electron chi connectivity index (χ2n) is 1.48. The number of hydrogen-bond acceptors (Lipinski definition) is 1. The van der Waals surface area contributed by atoms with Crippen molar-refractivity contribution in [3.8, 4) is 6.07 Å². The fourth-order valence-corrected chi connectivity index (χ4v) is 0.513. The van der Waals surface area contributed by atoms with Crippen LogP contribution in [0.2, 0.25) is 0 Å². The molecule has 2 heteroatoms. The van der Waals surface area contributed by atoms with E-state index < -0.39 is 0 Å². The first-order valence-corrected chi connectivity index (χ1v) is 2.38. The molecule has 0 unspecified atom stereocenters. The summed E-state index contributed by atoms with van der Waals surface area (Å²) in [6.07, 6.45) is 0. The van der Waals surface area contributed by atoms with Gasteiger partial charge in [-0.05, 0) is 12.1 Å². The Hall–Kier alpha value is -0.0303. The van der Waals surface area contributed by atoms with Gasteiger partial charge in [-0.2, -0.15) is 5.26 Å². The Labute approximate surface area is 84.3 Å². The van der Waals surface area contributed by atoms with Crippen LogP contribution in [0.5, 0.6) is 0 Å². The maximum absolute atomic E-state index is 8.29. The summed E-state index contributed by atoms with van der Waals surface area (Å²) in [4.78, 5) is 0. The Morgan fingerprint density at radius 2 is 1.67 bits per heavy atom. The zero-order valence-corrected chi connectivity index (χ0v) is 5.39. The van der Waals surface area contributed by atoms with Crippen LogP contribution in [0.25, 0.3) is 0 Å². The molecule has 0 amide bonds.